The maximum Gasteiger partial charge on any atom is 0.573 e. The van der Waals surface area contributed by atoms with E-state index in [1.807, 2.05) is 27.7 Å². The van der Waals surface area contributed by atoms with E-state index in [2.05, 4.69) is 63.1 Å². The van der Waals surface area contributed by atoms with Crippen LogP contribution in [0.25, 0.3) is 10.3 Å². The number of amides is 1. The van der Waals surface area contributed by atoms with Gasteiger partial charge in [0.05, 0.1) is 4.90 Å². The summed E-state index contributed by atoms with van der Waals surface area (Å²) in [6.45, 7) is 17.7. The fourth-order valence-corrected chi connectivity index (χ4v) is 7.37. The van der Waals surface area contributed by atoms with Gasteiger partial charge in [0, 0.05) is 32.6 Å². The smallest absolute Gasteiger partial charge is 0.406 e. The highest BCUT2D eigenvalue weighted by molar-refractivity contribution is 7.89. The molecule has 0 spiro atoms. The molecular formula is C36H50ClF5N6O4S2. The average molecular weight is 825 g/mol. The van der Waals surface area contributed by atoms with Crippen molar-refractivity contribution in [2.24, 2.45) is 0 Å². The van der Waals surface area contributed by atoms with Gasteiger partial charge in [-0.05, 0) is 52.0 Å². The Bertz CT molecular complexity index is 1790. The number of piperazine rings is 1. The van der Waals surface area contributed by atoms with Crippen LogP contribution in [0.4, 0.5) is 27.1 Å². The van der Waals surface area contributed by atoms with Crippen molar-refractivity contribution in [3.63, 3.8) is 0 Å². The van der Waals surface area contributed by atoms with E-state index in [1.54, 1.807) is 25.7 Å². The third-order valence-corrected chi connectivity index (χ3v) is 10.4. The highest BCUT2D eigenvalue weighted by atomic mass is 35.5. The number of carbonyl (C=O) groups excluding carboxylic acids is 1. The van der Waals surface area contributed by atoms with Crippen LogP contribution in [0.3, 0.4) is 0 Å². The molecule has 0 aliphatic carbocycles. The highest BCUT2D eigenvalue weighted by Crippen LogP contribution is 2.34. The summed E-state index contributed by atoms with van der Waals surface area (Å²) in [6, 6.07) is 11.2. The Balaban J connectivity index is 0.000000670. The quantitative estimate of drug-likeness (QED) is 0.138. The minimum Gasteiger partial charge on any atom is -0.406 e. The summed E-state index contributed by atoms with van der Waals surface area (Å²) in [5, 5.41) is 3.40. The average Bonchev–Trinajstić information content (AvgIpc) is 3.56. The fourth-order valence-electron chi connectivity index (χ4n) is 4.55. The van der Waals surface area contributed by atoms with Gasteiger partial charge in [-0.1, -0.05) is 99.4 Å². The molecule has 0 bridgehead atoms. The molecule has 1 saturated heterocycles. The van der Waals surface area contributed by atoms with Crippen LogP contribution in [0.2, 0.25) is 5.15 Å². The van der Waals surface area contributed by atoms with Crippen LogP contribution >= 0.6 is 22.9 Å². The fraction of sp³-hybridized carbons (Fsp3) is 0.500. The maximum atomic E-state index is 13.4. The van der Waals surface area contributed by atoms with Crippen LogP contribution in [-0.4, -0.2) is 78.6 Å². The minimum atomic E-state index is -4.91. The number of rotatable bonds is 8. The van der Waals surface area contributed by atoms with E-state index in [-0.39, 0.29) is 42.6 Å². The van der Waals surface area contributed by atoms with Gasteiger partial charge in [0.15, 0.2) is 15.9 Å². The first-order valence-corrected chi connectivity index (χ1v) is 20.1. The first kappa shape index (κ1) is 48.3. The lowest BCUT2D eigenvalue weighted by atomic mass is 10.2. The summed E-state index contributed by atoms with van der Waals surface area (Å²) in [5.41, 5.74) is 3.06. The molecule has 5 rings (SSSR count). The normalized spacial score (nSPS) is 14.3. The van der Waals surface area contributed by atoms with Crippen molar-refractivity contribution in [1.29, 1.82) is 0 Å². The molecular weight excluding hydrogens is 775 g/mol. The Kier molecular flexibility index (Phi) is 20.9. The van der Waals surface area contributed by atoms with Gasteiger partial charge < -0.3 is 15.0 Å². The summed E-state index contributed by atoms with van der Waals surface area (Å²) >= 11 is 7.44. The molecule has 1 amide bonds. The molecule has 10 nitrogen and oxygen atoms in total. The number of aryl methyl sites for hydroxylation is 3. The third kappa shape index (κ3) is 15.2. The van der Waals surface area contributed by atoms with Crippen LogP contribution in [0.15, 0.2) is 53.4 Å². The van der Waals surface area contributed by atoms with Gasteiger partial charge in [0.2, 0.25) is 22.4 Å². The number of anilines is 1. The second kappa shape index (κ2) is 23.3. The summed E-state index contributed by atoms with van der Waals surface area (Å²) < 4.78 is 91.6. The van der Waals surface area contributed by atoms with Crippen LogP contribution in [0.5, 0.6) is 5.75 Å². The number of fused-ring (bicyclic) bond motifs is 1. The third-order valence-electron chi connectivity index (χ3n) is 6.96. The molecule has 54 heavy (non-hydrogen) atoms. The van der Waals surface area contributed by atoms with Gasteiger partial charge >= 0.3 is 6.36 Å². The second-order valence-corrected chi connectivity index (χ2v) is 14.3. The summed E-state index contributed by atoms with van der Waals surface area (Å²) in [7, 11) is -4.23. The molecule has 1 N–H and O–H groups in total. The number of sulfonamides is 1. The molecule has 0 radical (unpaired) electrons. The Labute approximate surface area is 324 Å². The van der Waals surface area contributed by atoms with Crippen molar-refractivity contribution in [2.75, 3.05) is 31.1 Å². The number of likely N-dealkylation sites (N-methyl/N-ethyl adjacent to an activating group) is 1. The van der Waals surface area contributed by atoms with Crippen molar-refractivity contribution in [1.82, 2.24) is 24.6 Å². The van der Waals surface area contributed by atoms with Crippen LogP contribution in [0.1, 0.15) is 71.3 Å². The molecule has 1 aliphatic heterocycles. The van der Waals surface area contributed by atoms with Crippen molar-refractivity contribution >= 4 is 54.3 Å². The van der Waals surface area contributed by atoms with Gasteiger partial charge in [-0.15, -0.1) is 13.2 Å². The Morgan fingerprint density at radius 3 is 1.96 bits per heavy atom. The Morgan fingerprint density at radius 2 is 1.50 bits per heavy atom. The number of ether oxygens (including phenoxy) is 1. The lowest BCUT2D eigenvalue weighted by Crippen LogP contribution is -2.60. The number of hydrogen-bond donors (Lipinski definition) is 1. The molecule has 4 aromatic rings. The minimum absolute atomic E-state index is 0.00974. The van der Waals surface area contributed by atoms with Crippen LogP contribution in [0, 0.1) is 20.8 Å². The summed E-state index contributed by atoms with van der Waals surface area (Å²) in [6.07, 6.45) is -6.39. The second-order valence-electron chi connectivity index (χ2n) is 11.0. The molecule has 1 aliphatic rings. The number of carbonyl (C=O) groups is 1. The van der Waals surface area contributed by atoms with Crippen molar-refractivity contribution in [3.05, 3.63) is 70.6 Å². The Morgan fingerprint density at radius 1 is 0.944 bits per heavy atom. The molecule has 2 aromatic carbocycles. The van der Waals surface area contributed by atoms with Gasteiger partial charge in [0.1, 0.15) is 22.3 Å². The maximum absolute atomic E-state index is 13.4. The van der Waals surface area contributed by atoms with E-state index in [0.717, 1.165) is 28.6 Å². The van der Waals surface area contributed by atoms with Crippen LogP contribution in [-0.2, 0) is 14.8 Å². The number of halogens is 6. The summed E-state index contributed by atoms with van der Waals surface area (Å²) in [4.78, 5) is 27.3. The zero-order chi connectivity index (χ0) is 41.2. The lowest BCUT2D eigenvalue weighted by molar-refractivity contribution is -0.274. The first-order valence-electron chi connectivity index (χ1n) is 17.5. The van der Waals surface area contributed by atoms with E-state index in [1.165, 1.54) is 22.5 Å². The van der Waals surface area contributed by atoms with Gasteiger partial charge in [-0.25, -0.2) is 27.2 Å². The highest BCUT2D eigenvalue weighted by Gasteiger charge is 2.41. The molecule has 2 aromatic heterocycles. The van der Waals surface area contributed by atoms with Gasteiger partial charge in [0.25, 0.3) is 0 Å². The number of nitrogens with one attached hydrogen (secondary N) is 1. The molecule has 18 heteroatoms. The number of alkyl halides is 5. The van der Waals surface area contributed by atoms with Crippen molar-refractivity contribution < 1.29 is 39.9 Å². The van der Waals surface area contributed by atoms with E-state index >= 15 is 0 Å². The van der Waals surface area contributed by atoms with Gasteiger partial charge in [-0.3, -0.25) is 4.79 Å². The van der Waals surface area contributed by atoms with Crippen LogP contribution < -0.4 is 15.0 Å². The zero-order valence-electron chi connectivity index (χ0n) is 32.0. The topological polar surface area (TPSA) is 118 Å². The van der Waals surface area contributed by atoms with E-state index in [9.17, 15) is 35.2 Å². The predicted molar refractivity (Wildman–Crippen MR) is 206 cm³/mol. The van der Waals surface area contributed by atoms with E-state index in [4.69, 9.17) is 11.6 Å². The zero-order valence-corrected chi connectivity index (χ0v) is 34.4. The van der Waals surface area contributed by atoms with Crippen molar-refractivity contribution in [3.8, 4) is 5.75 Å². The summed E-state index contributed by atoms with van der Waals surface area (Å²) in [5.74, 6) is -0.621. The largest absolute Gasteiger partial charge is 0.573 e. The van der Waals surface area contributed by atoms with Crippen molar-refractivity contribution in [2.45, 2.75) is 98.9 Å². The number of aromatic nitrogens is 3. The number of nitrogens with zero attached hydrogens (tertiary/aromatic N) is 5. The Hall–Kier alpha value is -3.67. The number of benzene rings is 2. The van der Waals surface area contributed by atoms with E-state index in [0.29, 0.717) is 27.7 Å². The lowest BCUT2D eigenvalue weighted by Gasteiger charge is -2.39. The molecule has 3 heterocycles. The standard InChI is InChI=1S/C20H20ClF3N6O4S2.C8H10.C4H8F2.2C2H6/c1-3-25-18(31)14-10-29(19-28-17-15(35-19)16(21)26-11(2)27-17)8-9-30(14)36(32,33)13-6-4-12(5-7-13)34-20(22,23)24;1-7-3-5-8(2)6-4-7;1-2-3-4(5)6;2*1-2/h4-7,14H,3,8-10H2,1-2H3,(H,25,31);3-6H,1-2H3;4H,2-3H2,1H3;2*1-2H3/t14-;;;;/m1..../s1. The van der Waals surface area contributed by atoms with Gasteiger partial charge in [-0.2, -0.15) is 9.29 Å². The molecule has 302 valence electrons. The number of hydrogen-bond acceptors (Lipinski definition) is 9. The van der Waals surface area contributed by atoms with E-state index < -0.39 is 40.5 Å². The molecule has 1 fully saturated rings. The molecule has 0 unspecified atom stereocenters. The monoisotopic (exact) mass is 824 g/mol. The molecule has 0 saturated carbocycles. The predicted octanol–water partition coefficient (Wildman–Crippen LogP) is 9.37. The molecule has 1 atom stereocenters. The number of thiazole rings is 1. The first-order chi connectivity index (χ1) is 25.4. The SMILES string of the molecule is CC.CC.CCCC(F)F.CCNC(=O)[C@H]1CN(c2nc3nc(C)nc(Cl)c3s2)CCN1S(=O)(=O)c1ccc(OC(F)(F)F)cc1.Cc1ccc(C)cc1.